The summed E-state index contributed by atoms with van der Waals surface area (Å²) in [5, 5.41) is 6.52. The number of hydrogen-bond donors (Lipinski definition) is 0. The Balaban J connectivity index is 1.46. The lowest BCUT2D eigenvalue weighted by Crippen LogP contribution is -2.12. The average Bonchev–Trinajstić information content (AvgIpc) is 3.11. The number of para-hydroxylation sites is 2. The standard InChI is InChI=1S/C42H28F2N2/c43-29-19-23-33(24-20-29)45(31-11-3-1-4-12-31)41-27-39-36-16-8-10-18-38(36)42(28-40(39)35-15-7-9-17-37(35)41)46(32-13-5-2-6-14-32)34-25-21-30(44)22-26-34/h1-28H. The Hall–Kier alpha value is -6.00. The topological polar surface area (TPSA) is 6.48 Å². The van der Waals surface area contributed by atoms with Crippen molar-refractivity contribution >= 4 is 66.4 Å². The molecule has 220 valence electrons. The second-order valence-electron chi connectivity index (χ2n) is 11.3. The van der Waals surface area contributed by atoms with Crippen LogP contribution >= 0.6 is 0 Å². The number of fused-ring (bicyclic) bond motifs is 5. The summed E-state index contributed by atoms with van der Waals surface area (Å²) in [7, 11) is 0. The van der Waals surface area contributed by atoms with Crippen LogP contribution in [0.1, 0.15) is 0 Å². The van der Waals surface area contributed by atoms with Crippen molar-refractivity contribution in [2.75, 3.05) is 9.80 Å². The van der Waals surface area contributed by atoms with E-state index in [0.29, 0.717) is 0 Å². The first-order valence-electron chi connectivity index (χ1n) is 15.2. The van der Waals surface area contributed by atoms with Crippen LogP contribution < -0.4 is 9.80 Å². The van der Waals surface area contributed by atoms with Crippen LogP contribution in [-0.2, 0) is 0 Å². The fourth-order valence-electron chi connectivity index (χ4n) is 6.47. The fraction of sp³-hybridized carbons (Fsp3) is 0. The van der Waals surface area contributed by atoms with Crippen LogP contribution in [0, 0.1) is 11.6 Å². The Labute approximate surface area is 266 Å². The summed E-state index contributed by atoms with van der Waals surface area (Å²) in [5.41, 5.74) is 5.68. The smallest absolute Gasteiger partial charge is 0.123 e. The maximum Gasteiger partial charge on any atom is 0.123 e. The van der Waals surface area contributed by atoms with Crippen LogP contribution in [0.2, 0.25) is 0 Å². The molecule has 0 saturated heterocycles. The van der Waals surface area contributed by atoms with Crippen molar-refractivity contribution < 1.29 is 8.78 Å². The van der Waals surface area contributed by atoms with Gasteiger partial charge < -0.3 is 9.80 Å². The summed E-state index contributed by atoms with van der Waals surface area (Å²) in [5.74, 6) is -0.550. The van der Waals surface area contributed by atoms with Gasteiger partial charge in [0.1, 0.15) is 11.6 Å². The van der Waals surface area contributed by atoms with E-state index >= 15 is 0 Å². The van der Waals surface area contributed by atoms with E-state index in [1.807, 2.05) is 60.7 Å². The normalized spacial score (nSPS) is 11.3. The van der Waals surface area contributed by atoms with E-state index in [2.05, 4.69) is 94.7 Å². The SMILES string of the molecule is Fc1ccc(N(c2ccccc2)c2cc3c4ccccc4c(N(c4ccccc4)c4ccc(F)cc4)cc3c3ccccc23)cc1. The van der Waals surface area contributed by atoms with E-state index in [1.165, 1.54) is 24.3 Å². The zero-order valence-electron chi connectivity index (χ0n) is 24.8. The summed E-state index contributed by atoms with van der Waals surface area (Å²) in [6, 6.07) is 55.1. The molecule has 8 rings (SSSR count). The zero-order valence-corrected chi connectivity index (χ0v) is 24.8. The fourth-order valence-corrected chi connectivity index (χ4v) is 6.47. The van der Waals surface area contributed by atoms with Gasteiger partial charge in [-0.25, -0.2) is 8.78 Å². The van der Waals surface area contributed by atoms with Crippen LogP contribution in [-0.4, -0.2) is 0 Å². The first kappa shape index (κ1) is 27.5. The molecule has 0 spiro atoms. The van der Waals surface area contributed by atoms with Crippen molar-refractivity contribution in [3.8, 4) is 0 Å². The van der Waals surface area contributed by atoms with Crippen molar-refractivity contribution in [2.45, 2.75) is 0 Å². The minimum absolute atomic E-state index is 0.275. The Bertz CT molecular complexity index is 2150. The molecular formula is C42H28F2N2. The van der Waals surface area contributed by atoms with E-state index in [9.17, 15) is 8.78 Å². The highest BCUT2D eigenvalue weighted by atomic mass is 19.1. The van der Waals surface area contributed by atoms with Gasteiger partial charge in [-0.15, -0.1) is 0 Å². The maximum absolute atomic E-state index is 14.1. The van der Waals surface area contributed by atoms with Crippen molar-refractivity contribution in [3.05, 3.63) is 181 Å². The maximum atomic E-state index is 14.1. The highest BCUT2D eigenvalue weighted by molar-refractivity contribution is 6.24. The molecule has 0 bridgehead atoms. The van der Waals surface area contributed by atoms with Gasteiger partial charge >= 0.3 is 0 Å². The quantitative estimate of drug-likeness (QED) is 0.176. The van der Waals surface area contributed by atoms with E-state index < -0.39 is 0 Å². The molecule has 0 N–H and O–H groups in total. The summed E-state index contributed by atoms with van der Waals surface area (Å²) >= 11 is 0. The number of halogens is 2. The van der Waals surface area contributed by atoms with Crippen molar-refractivity contribution in [2.24, 2.45) is 0 Å². The molecule has 8 aromatic rings. The van der Waals surface area contributed by atoms with Gasteiger partial charge in [0.05, 0.1) is 11.4 Å². The van der Waals surface area contributed by atoms with Gasteiger partial charge in [0.2, 0.25) is 0 Å². The second kappa shape index (κ2) is 11.5. The first-order valence-corrected chi connectivity index (χ1v) is 15.2. The van der Waals surface area contributed by atoms with E-state index in [-0.39, 0.29) is 11.6 Å². The molecular weight excluding hydrogens is 570 g/mol. The number of anilines is 6. The van der Waals surface area contributed by atoms with Crippen molar-refractivity contribution in [1.82, 2.24) is 0 Å². The Morgan fingerprint density at radius 1 is 0.283 bits per heavy atom. The highest BCUT2D eigenvalue weighted by Crippen LogP contribution is 2.47. The van der Waals surface area contributed by atoms with Gasteiger partial charge in [0.25, 0.3) is 0 Å². The van der Waals surface area contributed by atoms with Gasteiger partial charge in [-0.3, -0.25) is 0 Å². The van der Waals surface area contributed by atoms with E-state index in [1.54, 1.807) is 0 Å². The zero-order chi connectivity index (χ0) is 31.0. The summed E-state index contributed by atoms with van der Waals surface area (Å²) in [4.78, 5) is 4.39. The number of rotatable bonds is 6. The Kier molecular flexibility index (Phi) is 6.88. The minimum Gasteiger partial charge on any atom is -0.310 e. The molecule has 8 aromatic carbocycles. The summed E-state index contributed by atoms with van der Waals surface area (Å²) < 4.78 is 28.2. The van der Waals surface area contributed by atoms with Gasteiger partial charge in [0.15, 0.2) is 0 Å². The third-order valence-corrected chi connectivity index (χ3v) is 8.52. The predicted molar refractivity (Wildman–Crippen MR) is 188 cm³/mol. The molecule has 0 aliphatic carbocycles. The van der Waals surface area contributed by atoms with Crippen molar-refractivity contribution in [1.29, 1.82) is 0 Å². The van der Waals surface area contributed by atoms with Crippen LogP contribution in [0.4, 0.5) is 42.9 Å². The highest BCUT2D eigenvalue weighted by Gasteiger charge is 2.21. The summed E-state index contributed by atoms with van der Waals surface area (Å²) in [6.07, 6.45) is 0. The number of benzene rings is 8. The molecule has 0 aliphatic heterocycles. The van der Waals surface area contributed by atoms with Crippen LogP contribution in [0.25, 0.3) is 32.3 Å². The van der Waals surface area contributed by atoms with Gasteiger partial charge in [-0.2, -0.15) is 0 Å². The lowest BCUT2D eigenvalue weighted by molar-refractivity contribution is 0.627. The van der Waals surface area contributed by atoms with Gasteiger partial charge in [0, 0.05) is 33.5 Å². The predicted octanol–water partition coefficient (Wildman–Crippen LogP) is 12.4. The number of hydrogen-bond acceptors (Lipinski definition) is 2. The molecule has 4 heteroatoms. The first-order chi connectivity index (χ1) is 22.7. The lowest BCUT2D eigenvalue weighted by Gasteiger charge is -2.29. The molecule has 0 radical (unpaired) electrons. The average molecular weight is 599 g/mol. The second-order valence-corrected chi connectivity index (χ2v) is 11.3. The van der Waals surface area contributed by atoms with Gasteiger partial charge in [-0.05, 0) is 106 Å². The molecule has 0 unspecified atom stereocenters. The monoisotopic (exact) mass is 598 g/mol. The molecule has 0 atom stereocenters. The molecule has 0 saturated carbocycles. The third-order valence-electron chi connectivity index (χ3n) is 8.52. The Morgan fingerprint density at radius 2 is 0.587 bits per heavy atom. The van der Waals surface area contributed by atoms with Crippen LogP contribution in [0.5, 0.6) is 0 Å². The third kappa shape index (κ3) is 4.81. The largest absolute Gasteiger partial charge is 0.310 e. The van der Waals surface area contributed by atoms with E-state index in [4.69, 9.17) is 0 Å². The molecule has 46 heavy (non-hydrogen) atoms. The minimum atomic E-state index is -0.275. The lowest BCUT2D eigenvalue weighted by atomic mass is 9.93. The molecule has 0 aliphatic rings. The molecule has 0 aromatic heterocycles. The number of nitrogens with zero attached hydrogens (tertiary/aromatic N) is 2. The Morgan fingerprint density at radius 3 is 0.957 bits per heavy atom. The van der Waals surface area contributed by atoms with Crippen molar-refractivity contribution in [3.63, 3.8) is 0 Å². The molecule has 2 nitrogen and oxygen atoms in total. The van der Waals surface area contributed by atoms with E-state index in [0.717, 1.165) is 66.4 Å². The van der Waals surface area contributed by atoms with Crippen LogP contribution in [0.3, 0.4) is 0 Å². The molecule has 0 amide bonds. The molecule has 0 heterocycles. The van der Waals surface area contributed by atoms with Gasteiger partial charge in [-0.1, -0.05) is 84.9 Å². The van der Waals surface area contributed by atoms with Crippen LogP contribution in [0.15, 0.2) is 170 Å². The molecule has 0 fully saturated rings. The summed E-state index contributed by atoms with van der Waals surface area (Å²) in [6.45, 7) is 0.